The molecule has 39 heavy (non-hydrogen) atoms. The SMILES string of the molecule is Cc1cccc(OCC(=O)NN=Cc2ccc(Sc3ccc(C=NNC(=O)COc4cccc(C)c4)o3)o2)c1. The number of hydrazone groups is 2. The molecule has 0 aliphatic carbocycles. The second-order valence-corrected chi connectivity index (χ2v) is 9.22. The number of aryl methyl sites for hydroxylation is 2. The summed E-state index contributed by atoms with van der Waals surface area (Å²) in [5, 5.41) is 8.89. The average molecular weight is 547 g/mol. The number of amides is 2. The van der Waals surface area contributed by atoms with E-state index in [-0.39, 0.29) is 13.2 Å². The van der Waals surface area contributed by atoms with Crippen molar-refractivity contribution in [1.82, 2.24) is 10.9 Å². The van der Waals surface area contributed by atoms with E-state index in [9.17, 15) is 9.59 Å². The van der Waals surface area contributed by atoms with Crippen molar-refractivity contribution in [2.75, 3.05) is 13.2 Å². The van der Waals surface area contributed by atoms with Crippen molar-refractivity contribution in [2.24, 2.45) is 10.2 Å². The number of benzene rings is 2. The Morgan fingerprint density at radius 3 is 1.64 bits per heavy atom. The third-order valence-electron chi connectivity index (χ3n) is 4.89. The minimum absolute atomic E-state index is 0.158. The van der Waals surface area contributed by atoms with Crippen LogP contribution in [0.15, 0.2) is 102 Å². The van der Waals surface area contributed by atoms with Crippen LogP contribution in [0.3, 0.4) is 0 Å². The number of ether oxygens (including phenoxy) is 2. The number of nitrogens with zero attached hydrogens (tertiary/aromatic N) is 2. The lowest BCUT2D eigenvalue weighted by molar-refractivity contribution is -0.123. The molecule has 10 nitrogen and oxygen atoms in total. The number of carbonyl (C=O) groups is 2. The molecule has 0 radical (unpaired) electrons. The predicted octanol–water partition coefficient (Wildman–Crippen LogP) is 4.70. The lowest BCUT2D eigenvalue weighted by Gasteiger charge is -2.05. The zero-order chi connectivity index (χ0) is 27.5. The van der Waals surface area contributed by atoms with E-state index in [1.165, 1.54) is 24.2 Å². The molecule has 2 N–H and O–H groups in total. The van der Waals surface area contributed by atoms with E-state index in [0.717, 1.165) is 11.1 Å². The van der Waals surface area contributed by atoms with Gasteiger partial charge in [0.05, 0.1) is 12.4 Å². The zero-order valence-electron chi connectivity index (χ0n) is 21.2. The van der Waals surface area contributed by atoms with Crippen molar-refractivity contribution in [3.63, 3.8) is 0 Å². The average Bonchev–Trinajstić information content (AvgIpc) is 3.56. The van der Waals surface area contributed by atoms with Crippen molar-refractivity contribution in [2.45, 2.75) is 24.0 Å². The van der Waals surface area contributed by atoms with Crippen LogP contribution in [-0.4, -0.2) is 37.5 Å². The number of hydrogen-bond acceptors (Lipinski definition) is 9. The first kappa shape index (κ1) is 27.3. The molecule has 0 aliphatic rings. The normalized spacial score (nSPS) is 11.1. The van der Waals surface area contributed by atoms with Crippen LogP contribution in [0.25, 0.3) is 0 Å². The number of hydrogen-bond donors (Lipinski definition) is 2. The molecule has 2 aromatic heterocycles. The third-order valence-corrected chi connectivity index (χ3v) is 5.73. The Bertz CT molecular complexity index is 1370. The number of carbonyl (C=O) groups excluding carboxylic acids is 2. The van der Waals surface area contributed by atoms with Gasteiger partial charge in [-0.2, -0.15) is 10.2 Å². The molecule has 0 unspecified atom stereocenters. The predicted molar refractivity (Wildman–Crippen MR) is 146 cm³/mol. The second-order valence-electron chi connectivity index (χ2n) is 8.21. The molecule has 2 heterocycles. The summed E-state index contributed by atoms with van der Waals surface area (Å²) < 4.78 is 22.2. The second kappa shape index (κ2) is 13.7. The van der Waals surface area contributed by atoms with Gasteiger partial charge in [0.2, 0.25) is 0 Å². The molecule has 0 atom stereocenters. The molecule has 2 aromatic carbocycles. The van der Waals surface area contributed by atoms with Gasteiger partial charge < -0.3 is 18.3 Å². The molecule has 4 aromatic rings. The molecule has 0 bridgehead atoms. The Morgan fingerprint density at radius 1 is 0.744 bits per heavy atom. The molecule has 11 heteroatoms. The summed E-state index contributed by atoms with van der Waals surface area (Å²) in [5.41, 5.74) is 6.87. The fourth-order valence-corrected chi connectivity index (χ4v) is 3.87. The van der Waals surface area contributed by atoms with Crippen molar-refractivity contribution in [3.05, 3.63) is 95.4 Å². The maximum absolute atomic E-state index is 11.9. The zero-order valence-corrected chi connectivity index (χ0v) is 22.1. The highest BCUT2D eigenvalue weighted by Gasteiger charge is 2.08. The molecule has 0 fully saturated rings. The van der Waals surface area contributed by atoms with E-state index in [1.54, 1.807) is 36.4 Å². The summed E-state index contributed by atoms with van der Waals surface area (Å²) in [6.45, 7) is 3.57. The summed E-state index contributed by atoms with van der Waals surface area (Å²) >= 11 is 1.25. The monoisotopic (exact) mass is 546 g/mol. The first-order valence-corrected chi connectivity index (χ1v) is 12.6. The first-order valence-electron chi connectivity index (χ1n) is 11.8. The Balaban J connectivity index is 1.17. The lowest BCUT2D eigenvalue weighted by atomic mass is 10.2. The van der Waals surface area contributed by atoms with E-state index >= 15 is 0 Å². The Kier molecular flexibility index (Phi) is 9.57. The Hall–Kier alpha value is -4.77. The summed E-state index contributed by atoms with van der Waals surface area (Å²) in [6, 6.07) is 21.8. The van der Waals surface area contributed by atoms with Gasteiger partial charge in [-0.3, -0.25) is 9.59 Å². The van der Waals surface area contributed by atoms with Crippen LogP contribution >= 0.6 is 11.8 Å². The molecular formula is C28H26N4O6S. The standard InChI is InChI=1S/C28H26N4O6S/c1-19-5-3-7-21(13-19)35-17-25(33)31-29-15-23-9-11-27(37-23)39-28-12-10-24(38-28)16-30-32-26(34)18-36-22-8-4-6-20(2)14-22/h3-16H,17-18H2,1-2H3,(H,31,33)(H,32,34). The first-order chi connectivity index (χ1) is 18.9. The number of rotatable bonds is 12. The fourth-order valence-electron chi connectivity index (χ4n) is 3.12. The molecule has 0 saturated heterocycles. The third kappa shape index (κ3) is 9.24. The number of nitrogens with one attached hydrogen (secondary N) is 2. The maximum Gasteiger partial charge on any atom is 0.277 e. The van der Waals surface area contributed by atoms with Crippen LogP contribution in [0.4, 0.5) is 0 Å². The van der Waals surface area contributed by atoms with Gasteiger partial charge in [0, 0.05) is 0 Å². The lowest BCUT2D eigenvalue weighted by Crippen LogP contribution is -2.24. The Labute approximate surface area is 229 Å². The van der Waals surface area contributed by atoms with Gasteiger partial charge in [-0.25, -0.2) is 10.9 Å². The van der Waals surface area contributed by atoms with Crippen LogP contribution in [0.1, 0.15) is 22.6 Å². The molecule has 0 saturated carbocycles. The van der Waals surface area contributed by atoms with Crippen LogP contribution < -0.4 is 20.3 Å². The summed E-state index contributed by atoms with van der Waals surface area (Å²) in [4.78, 5) is 23.8. The highest BCUT2D eigenvalue weighted by Crippen LogP contribution is 2.30. The van der Waals surface area contributed by atoms with E-state index in [1.807, 2.05) is 50.2 Å². The fraction of sp³-hybridized carbons (Fsp3) is 0.143. The van der Waals surface area contributed by atoms with Crippen LogP contribution in [0, 0.1) is 13.8 Å². The Morgan fingerprint density at radius 2 is 1.21 bits per heavy atom. The van der Waals surface area contributed by atoms with E-state index in [2.05, 4.69) is 21.1 Å². The largest absolute Gasteiger partial charge is 0.484 e. The summed E-state index contributed by atoms with van der Waals surface area (Å²) in [7, 11) is 0. The molecule has 0 aliphatic heterocycles. The molecule has 0 spiro atoms. The topological polar surface area (TPSA) is 128 Å². The van der Waals surface area contributed by atoms with Gasteiger partial charge >= 0.3 is 0 Å². The minimum Gasteiger partial charge on any atom is -0.484 e. The molecule has 4 rings (SSSR count). The van der Waals surface area contributed by atoms with Crippen molar-refractivity contribution in [1.29, 1.82) is 0 Å². The summed E-state index contributed by atoms with van der Waals surface area (Å²) in [6.07, 6.45) is 2.78. The van der Waals surface area contributed by atoms with Gasteiger partial charge in [-0.15, -0.1) is 0 Å². The van der Waals surface area contributed by atoms with Gasteiger partial charge in [-0.1, -0.05) is 24.3 Å². The quantitative estimate of drug-likeness (QED) is 0.195. The molecular weight excluding hydrogens is 520 g/mol. The van der Waals surface area contributed by atoms with Gasteiger partial charge in [0.25, 0.3) is 11.8 Å². The van der Waals surface area contributed by atoms with Crippen molar-refractivity contribution >= 4 is 36.0 Å². The molecule has 2 amide bonds. The molecule has 200 valence electrons. The summed E-state index contributed by atoms with van der Waals surface area (Å²) in [5.74, 6) is 1.33. The van der Waals surface area contributed by atoms with E-state index in [0.29, 0.717) is 33.2 Å². The van der Waals surface area contributed by atoms with Gasteiger partial charge in [0.15, 0.2) is 23.4 Å². The van der Waals surface area contributed by atoms with Gasteiger partial charge in [-0.05, 0) is 85.3 Å². The van der Waals surface area contributed by atoms with Gasteiger partial charge in [0.1, 0.15) is 23.0 Å². The van der Waals surface area contributed by atoms with Crippen LogP contribution in [0.5, 0.6) is 11.5 Å². The van der Waals surface area contributed by atoms with Crippen molar-refractivity contribution in [3.8, 4) is 11.5 Å². The minimum atomic E-state index is -0.395. The van der Waals surface area contributed by atoms with Crippen molar-refractivity contribution < 1.29 is 27.9 Å². The highest BCUT2D eigenvalue weighted by atomic mass is 32.2. The van der Waals surface area contributed by atoms with Crippen LogP contribution in [-0.2, 0) is 9.59 Å². The number of furan rings is 2. The highest BCUT2D eigenvalue weighted by molar-refractivity contribution is 7.99. The van der Waals surface area contributed by atoms with E-state index < -0.39 is 11.8 Å². The van der Waals surface area contributed by atoms with Crippen LogP contribution in [0.2, 0.25) is 0 Å². The smallest absolute Gasteiger partial charge is 0.277 e. The maximum atomic E-state index is 11.9. The van der Waals surface area contributed by atoms with E-state index in [4.69, 9.17) is 18.3 Å².